The predicted molar refractivity (Wildman–Crippen MR) is 63.9 cm³/mol. The predicted octanol–water partition coefficient (Wildman–Crippen LogP) is 2.49. The molecule has 0 atom stereocenters. The van der Waals surface area contributed by atoms with Gasteiger partial charge in [0, 0.05) is 35.8 Å². The molecular weight excluding hydrogens is 196 g/mol. The van der Waals surface area contributed by atoms with Gasteiger partial charge in [-0.05, 0) is 37.1 Å². The van der Waals surface area contributed by atoms with Gasteiger partial charge in [0.1, 0.15) is 0 Å². The van der Waals surface area contributed by atoms with Crippen LogP contribution in [0.3, 0.4) is 0 Å². The van der Waals surface area contributed by atoms with E-state index in [1.54, 1.807) is 13.8 Å². The van der Waals surface area contributed by atoms with Crippen LogP contribution in [0.5, 0.6) is 0 Å². The maximum absolute atomic E-state index is 7.82. The Bertz CT molecular complexity index is 716. The Labute approximate surface area is 104 Å². The SMILES string of the molecule is [2H]c1nc([2H])c(C)c(C#Cc2c([2H])c([2H])nc([2H])c2C)c1[2H]. The second-order valence-electron chi connectivity index (χ2n) is 3.17. The molecule has 0 spiro atoms. The highest BCUT2D eigenvalue weighted by Gasteiger charge is 1.94. The molecule has 0 saturated heterocycles. The maximum Gasteiger partial charge on any atom is 0.0843 e. The molecule has 0 aliphatic carbocycles. The highest BCUT2D eigenvalue weighted by molar-refractivity contribution is 5.46. The first-order valence-corrected chi connectivity index (χ1v) is 4.64. The summed E-state index contributed by atoms with van der Waals surface area (Å²) >= 11 is 0. The molecule has 0 saturated carbocycles. The normalized spacial score (nSPS) is 14.6. The first-order chi connectivity index (χ1) is 10.2. The van der Waals surface area contributed by atoms with E-state index in [-0.39, 0.29) is 47.9 Å². The van der Waals surface area contributed by atoms with Crippen molar-refractivity contribution >= 4 is 0 Å². The molecule has 2 aromatic heterocycles. The minimum absolute atomic E-state index is 0.120. The largest absolute Gasteiger partial charge is 0.264 e. The highest BCUT2D eigenvalue weighted by Crippen LogP contribution is 2.05. The molecule has 0 aromatic carbocycles. The summed E-state index contributed by atoms with van der Waals surface area (Å²) in [7, 11) is 0. The summed E-state index contributed by atoms with van der Waals surface area (Å²) in [6.45, 7) is 3.17. The van der Waals surface area contributed by atoms with Crippen LogP contribution in [0, 0.1) is 25.7 Å². The van der Waals surface area contributed by atoms with Crippen molar-refractivity contribution in [2.24, 2.45) is 0 Å². The molecule has 0 aliphatic heterocycles. The van der Waals surface area contributed by atoms with Gasteiger partial charge in [-0.1, -0.05) is 11.8 Å². The first kappa shape index (κ1) is 5.27. The highest BCUT2D eigenvalue weighted by atomic mass is 14.6. The van der Waals surface area contributed by atoms with Crippen molar-refractivity contribution in [2.75, 3.05) is 0 Å². The molecule has 0 unspecified atom stereocenters. The quantitative estimate of drug-likeness (QED) is 0.630. The van der Waals surface area contributed by atoms with Gasteiger partial charge < -0.3 is 0 Å². The number of rotatable bonds is 0. The summed E-state index contributed by atoms with van der Waals surface area (Å²) in [6, 6.07) is -0.368. The van der Waals surface area contributed by atoms with Gasteiger partial charge in [-0.15, -0.1) is 0 Å². The third-order valence-electron chi connectivity index (χ3n) is 1.98. The molecule has 0 radical (unpaired) electrons. The summed E-state index contributed by atoms with van der Waals surface area (Å²) in [5, 5.41) is 0. The number of aromatic nitrogens is 2. The molecule has 2 nitrogen and oxygen atoms in total. The van der Waals surface area contributed by atoms with Crippen molar-refractivity contribution in [1.29, 1.82) is 0 Å². The van der Waals surface area contributed by atoms with Crippen LogP contribution in [0.25, 0.3) is 0 Å². The van der Waals surface area contributed by atoms with E-state index < -0.39 is 0 Å². The third kappa shape index (κ3) is 2.26. The molecule has 0 bridgehead atoms. The minimum atomic E-state index is -0.334. The van der Waals surface area contributed by atoms with Crippen molar-refractivity contribution in [1.82, 2.24) is 9.97 Å². The fourth-order valence-electron chi connectivity index (χ4n) is 1.07. The lowest BCUT2D eigenvalue weighted by Crippen LogP contribution is -1.85. The fourth-order valence-corrected chi connectivity index (χ4v) is 1.07. The van der Waals surface area contributed by atoms with E-state index in [9.17, 15) is 0 Å². The Kier molecular flexibility index (Phi) is 1.51. The van der Waals surface area contributed by atoms with Gasteiger partial charge in [0.15, 0.2) is 0 Å². The van der Waals surface area contributed by atoms with Gasteiger partial charge in [0.25, 0.3) is 0 Å². The number of nitrogens with zero attached hydrogens (tertiary/aromatic N) is 2. The van der Waals surface area contributed by atoms with E-state index in [1.807, 2.05) is 0 Å². The lowest BCUT2D eigenvalue weighted by Gasteiger charge is -1.96. The molecule has 2 aromatic rings. The topological polar surface area (TPSA) is 25.8 Å². The van der Waals surface area contributed by atoms with Gasteiger partial charge in [0.2, 0.25) is 0 Å². The minimum Gasteiger partial charge on any atom is -0.264 e. The summed E-state index contributed by atoms with van der Waals surface area (Å²) < 4.78 is 46.0. The zero-order valence-electron chi connectivity index (χ0n) is 14.9. The van der Waals surface area contributed by atoms with Crippen molar-refractivity contribution in [2.45, 2.75) is 13.8 Å². The van der Waals surface area contributed by atoms with E-state index in [1.165, 1.54) is 0 Å². The zero-order valence-corrected chi connectivity index (χ0v) is 8.89. The molecule has 2 heteroatoms. The van der Waals surface area contributed by atoms with Crippen LogP contribution in [0.1, 0.15) is 30.5 Å². The van der Waals surface area contributed by atoms with Crippen molar-refractivity contribution in [3.63, 3.8) is 0 Å². The number of pyridine rings is 2. The van der Waals surface area contributed by atoms with E-state index in [4.69, 9.17) is 8.22 Å². The monoisotopic (exact) mass is 214 g/mol. The Morgan fingerprint density at radius 1 is 0.938 bits per heavy atom. The molecule has 16 heavy (non-hydrogen) atoms. The van der Waals surface area contributed by atoms with Crippen LogP contribution in [0.15, 0.2) is 36.8 Å². The van der Waals surface area contributed by atoms with Crippen molar-refractivity contribution in [3.8, 4) is 11.8 Å². The Hall–Kier alpha value is -2.14. The first-order valence-electron chi connectivity index (χ1n) is 7.64. The lowest BCUT2D eigenvalue weighted by molar-refractivity contribution is 1.25. The van der Waals surface area contributed by atoms with Crippen LogP contribution in [-0.2, 0) is 0 Å². The number of hydrogen-bond donors (Lipinski definition) is 0. The molecule has 0 amide bonds. The maximum atomic E-state index is 7.82. The second kappa shape index (κ2) is 4.59. The van der Waals surface area contributed by atoms with Gasteiger partial charge in [-0.3, -0.25) is 9.97 Å². The second-order valence-corrected chi connectivity index (χ2v) is 3.17. The van der Waals surface area contributed by atoms with Crippen LogP contribution < -0.4 is 0 Å². The summed E-state index contributed by atoms with van der Waals surface area (Å²) in [5.41, 5.74) is 1.14. The molecular formula is C14H12N2. The molecule has 0 N–H and O–H groups in total. The van der Waals surface area contributed by atoms with Crippen molar-refractivity contribution < 1.29 is 8.22 Å². The average Bonchev–Trinajstić information content (AvgIpc) is 2.46. The van der Waals surface area contributed by atoms with Gasteiger partial charge in [-0.25, -0.2) is 0 Å². The fraction of sp³-hybridized carbons (Fsp3) is 0.143. The Balaban J connectivity index is 2.68. The van der Waals surface area contributed by atoms with Crippen LogP contribution in [0.2, 0.25) is 0 Å². The van der Waals surface area contributed by atoms with Gasteiger partial charge in [0.05, 0.1) is 8.22 Å². The third-order valence-corrected chi connectivity index (χ3v) is 1.98. The molecule has 2 rings (SSSR count). The van der Waals surface area contributed by atoms with Crippen molar-refractivity contribution in [3.05, 3.63) is 59.0 Å². The van der Waals surface area contributed by atoms with Crippen LogP contribution >= 0.6 is 0 Å². The summed E-state index contributed by atoms with van der Waals surface area (Å²) in [4.78, 5) is 7.25. The van der Waals surface area contributed by atoms with E-state index in [2.05, 4.69) is 21.8 Å². The summed E-state index contributed by atoms with van der Waals surface area (Å²) in [5.74, 6) is 5.37. The van der Waals surface area contributed by atoms with Gasteiger partial charge >= 0.3 is 0 Å². The molecule has 2 heterocycles. The Morgan fingerprint density at radius 2 is 1.38 bits per heavy atom. The lowest BCUT2D eigenvalue weighted by atomic mass is 10.1. The van der Waals surface area contributed by atoms with E-state index in [0.29, 0.717) is 11.1 Å². The summed E-state index contributed by atoms with van der Waals surface area (Å²) in [6.07, 6.45) is -0.907. The smallest absolute Gasteiger partial charge is 0.0843 e. The Morgan fingerprint density at radius 3 is 1.81 bits per heavy atom. The van der Waals surface area contributed by atoms with Gasteiger partial charge in [-0.2, -0.15) is 0 Å². The number of hydrogen-bond acceptors (Lipinski definition) is 2. The average molecular weight is 214 g/mol. The zero-order chi connectivity index (χ0) is 16.6. The molecule has 0 aliphatic rings. The van der Waals surface area contributed by atoms with Crippen LogP contribution in [0.4, 0.5) is 0 Å². The van der Waals surface area contributed by atoms with E-state index in [0.717, 1.165) is 0 Å². The molecule has 0 fully saturated rings. The standard InChI is InChI=1S/C14H12N2/c1-11-9-15-7-5-13(11)3-4-14-6-8-16-10-12(14)2/h5-10H,1-2H3/i5D,6D,7D,8D,9D,10D. The van der Waals surface area contributed by atoms with Crippen LogP contribution in [-0.4, -0.2) is 9.97 Å². The molecule has 78 valence electrons. The van der Waals surface area contributed by atoms with E-state index >= 15 is 0 Å².